The highest BCUT2D eigenvalue weighted by Gasteiger charge is 2.43. The molecule has 2 aromatic rings. The van der Waals surface area contributed by atoms with Crippen molar-refractivity contribution in [2.24, 2.45) is 21.9 Å². The number of nitrogens with two attached hydrogens (primary N) is 2. The third-order valence-electron chi connectivity index (χ3n) is 7.04. The molecule has 1 aromatic heterocycles. The smallest absolute Gasteiger partial charge is 0.333 e. The van der Waals surface area contributed by atoms with Crippen molar-refractivity contribution in [3.8, 4) is 0 Å². The van der Waals surface area contributed by atoms with Crippen molar-refractivity contribution in [2.75, 3.05) is 13.1 Å². The Kier molecular flexibility index (Phi) is 7.17. The molecule has 0 atom stereocenters. The van der Waals surface area contributed by atoms with Gasteiger partial charge in [-0.25, -0.2) is 4.99 Å². The zero-order valence-electron chi connectivity index (χ0n) is 20.1. The van der Waals surface area contributed by atoms with Gasteiger partial charge < -0.3 is 16.4 Å². The van der Waals surface area contributed by atoms with Crippen LogP contribution in [-0.2, 0) is 23.6 Å². The van der Waals surface area contributed by atoms with Crippen LogP contribution in [0, 0.1) is 12.3 Å². The second-order valence-corrected chi connectivity index (χ2v) is 10.5. The molecule has 1 fully saturated rings. The Bertz CT molecular complexity index is 1150. The first-order valence-corrected chi connectivity index (χ1v) is 12.6. The highest BCUT2D eigenvalue weighted by molar-refractivity contribution is 8.03. The Balaban J connectivity index is 1.42. The number of piperidine rings is 1. The van der Waals surface area contributed by atoms with E-state index in [1.807, 2.05) is 4.90 Å². The van der Waals surface area contributed by atoms with Crippen LogP contribution in [0.3, 0.4) is 0 Å². The maximum absolute atomic E-state index is 14.8. The summed E-state index contributed by atoms with van der Waals surface area (Å²) in [6.07, 6.45) is 6.81. The number of alkyl halides is 2. The number of aliphatic imine (C=N–C) groups is 1. The van der Waals surface area contributed by atoms with Gasteiger partial charge in [0.1, 0.15) is 0 Å². The molecule has 2 aliphatic rings. The Hall–Kier alpha value is -2.94. The number of Topliss-reactive ketones (excluding diaryl/α,β-unsaturated/α-hetero) is 1. The number of carbonyl (C=O) groups excluding carboxylic acids is 1. The van der Waals surface area contributed by atoms with Crippen LogP contribution in [0.4, 0.5) is 8.78 Å². The van der Waals surface area contributed by atoms with Crippen LogP contribution in [-0.4, -0.2) is 34.7 Å². The number of ketones is 1. The standard InChI is InChI=1S/C26H31F2N5OS/c1-3-21(34)26(27,28)23-17(2)31-11-8-20(23)35-22(29)16-32-24(30)33-12-9-25(10-13-33)14-18-6-4-5-7-19(18)15-25/h4-8,11,16H,3,9-10,12-15,29H2,1-2H3,(H2,30,32)/b22-16+. The summed E-state index contributed by atoms with van der Waals surface area (Å²) in [6, 6.07) is 10.1. The number of pyridine rings is 1. The van der Waals surface area contributed by atoms with Gasteiger partial charge in [-0.15, -0.1) is 0 Å². The summed E-state index contributed by atoms with van der Waals surface area (Å²) >= 11 is 0.921. The predicted octanol–water partition coefficient (Wildman–Crippen LogP) is 4.51. The van der Waals surface area contributed by atoms with Gasteiger partial charge in [0.2, 0.25) is 5.78 Å². The van der Waals surface area contributed by atoms with Crippen LogP contribution in [0.25, 0.3) is 0 Å². The van der Waals surface area contributed by atoms with Crippen LogP contribution in [0.5, 0.6) is 0 Å². The molecule has 0 amide bonds. The molecular weight excluding hydrogens is 468 g/mol. The fourth-order valence-corrected chi connectivity index (χ4v) is 5.94. The molecule has 1 spiro atoms. The maximum atomic E-state index is 14.8. The zero-order valence-corrected chi connectivity index (χ0v) is 20.9. The number of aryl methyl sites for hydroxylation is 1. The fraction of sp³-hybridized carbons (Fsp3) is 0.423. The number of aromatic nitrogens is 1. The number of likely N-dealkylation sites (tertiary alicyclic amines) is 1. The molecule has 186 valence electrons. The molecule has 1 aliphatic carbocycles. The quantitative estimate of drug-likeness (QED) is 0.345. The van der Waals surface area contributed by atoms with Crippen LogP contribution in [0.2, 0.25) is 0 Å². The third-order valence-corrected chi connectivity index (χ3v) is 7.94. The van der Waals surface area contributed by atoms with E-state index >= 15 is 0 Å². The lowest BCUT2D eigenvalue weighted by atomic mass is 9.76. The molecular formula is C26H31F2N5OS. The summed E-state index contributed by atoms with van der Waals surface area (Å²) < 4.78 is 29.5. The monoisotopic (exact) mass is 499 g/mol. The molecule has 1 aliphatic heterocycles. The summed E-state index contributed by atoms with van der Waals surface area (Å²) in [6.45, 7) is 4.49. The Morgan fingerprint density at radius 1 is 1.20 bits per heavy atom. The minimum atomic E-state index is -3.64. The molecule has 6 nitrogen and oxygen atoms in total. The molecule has 1 aromatic carbocycles. The maximum Gasteiger partial charge on any atom is 0.333 e. The summed E-state index contributed by atoms with van der Waals surface area (Å²) in [4.78, 5) is 22.4. The lowest BCUT2D eigenvalue weighted by Crippen LogP contribution is -2.46. The number of fused-ring (bicyclic) bond motifs is 1. The molecule has 2 heterocycles. The number of carbonyl (C=O) groups is 1. The van der Waals surface area contributed by atoms with Crippen molar-refractivity contribution in [1.82, 2.24) is 9.88 Å². The molecule has 9 heteroatoms. The van der Waals surface area contributed by atoms with Crippen LogP contribution < -0.4 is 11.5 Å². The predicted molar refractivity (Wildman–Crippen MR) is 135 cm³/mol. The lowest BCUT2D eigenvalue weighted by Gasteiger charge is -2.39. The first kappa shape index (κ1) is 25.2. The lowest BCUT2D eigenvalue weighted by molar-refractivity contribution is -0.144. The fourth-order valence-electron chi connectivity index (χ4n) is 5.07. The first-order chi connectivity index (χ1) is 16.6. The topological polar surface area (TPSA) is 97.6 Å². The van der Waals surface area contributed by atoms with Crippen molar-refractivity contribution >= 4 is 23.5 Å². The summed E-state index contributed by atoms with van der Waals surface area (Å²) in [5.74, 6) is -4.44. The molecule has 1 saturated heterocycles. The van der Waals surface area contributed by atoms with E-state index in [4.69, 9.17) is 11.5 Å². The highest BCUT2D eigenvalue weighted by Crippen LogP contribution is 2.44. The van der Waals surface area contributed by atoms with E-state index in [1.54, 1.807) is 0 Å². The van der Waals surface area contributed by atoms with Gasteiger partial charge in [0.05, 0.1) is 16.8 Å². The summed E-state index contributed by atoms with van der Waals surface area (Å²) in [5, 5.41) is 0.194. The highest BCUT2D eigenvalue weighted by atomic mass is 32.2. The molecule has 0 radical (unpaired) electrons. The van der Waals surface area contributed by atoms with Crippen LogP contribution in [0.1, 0.15) is 48.6 Å². The van der Waals surface area contributed by atoms with Gasteiger partial charge in [-0.2, -0.15) is 8.78 Å². The van der Waals surface area contributed by atoms with Gasteiger partial charge in [-0.05, 0) is 55.2 Å². The van der Waals surface area contributed by atoms with Gasteiger partial charge in [0, 0.05) is 36.3 Å². The zero-order chi connectivity index (χ0) is 25.2. The molecule has 4 N–H and O–H groups in total. The van der Waals surface area contributed by atoms with Crippen molar-refractivity contribution in [3.05, 3.63) is 70.1 Å². The average molecular weight is 500 g/mol. The van der Waals surface area contributed by atoms with E-state index in [2.05, 4.69) is 34.2 Å². The minimum absolute atomic E-state index is 0.0916. The number of nitrogens with zero attached hydrogens (tertiary/aromatic N) is 3. The van der Waals surface area contributed by atoms with Gasteiger partial charge >= 0.3 is 5.92 Å². The van der Waals surface area contributed by atoms with Crippen LogP contribution in [0.15, 0.2) is 57.6 Å². The van der Waals surface area contributed by atoms with E-state index in [0.29, 0.717) is 11.4 Å². The van der Waals surface area contributed by atoms with E-state index in [9.17, 15) is 13.6 Å². The van der Waals surface area contributed by atoms with Gasteiger partial charge in [-0.3, -0.25) is 9.78 Å². The van der Waals surface area contributed by atoms with E-state index in [-0.39, 0.29) is 22.0 Å². The molecule has 4 rings (SSSR count). The van der Waals surface area contributed by atoms with Crippen molar-refractivity contribution in [1.29, 1.82) is 0 Å². The largest absolute Gasteiger partial charge is 0.392 e. The number of halogens is 2. The summed E-state index contributed by atoms with van der Waals surface area (Å²) in [7, 11) is 0. The van der Waals surface area contributed by atoms with E-state index < -0.39 is 17.3 Å². The van der Waals surface area contributed by atoms with E-state index in [0.717, 1.165) is 50.5 Å². The second-order valence-electron chi connectivity index (χ2n) is 9.35. The number of hydrogen-bond donors (Lipinski definition) is 2. The Labute approximate surface area is 208 Å². The number of rotatable bonds is 6. The molecule has 35 heavy (non-hydrogen) atoms. The number of benzene rings is 1. The average Bonchev–Trinajstić information content (AvgIpc) is 3.19. The normalized spacial score (nSPS) is 18.1. The Morgan fingerprint density at radius 3 is 2.43 bits per heavy atom. The van der Waals surface area contributed by atoms with Gasteiger partial charge in [-0.1, -0.05) is 43.0 Å². The van der Waals surface area contributed by atoms with Gasteiger partial charge in [0.25, 0.3) is 0 Å². The first-order valence-electron chi connectivity index (χ1n) is 11.8. The third kappa shape index (κ3) is 5.19. The number of hydrogen-bond acceptors (Lipinski definition) is 5. The van der Waals surface area contributed by atoms with E-state index in [1.165, 1.54) is 43.4 Å². The SMILES string of the molecule is CCC(=O)C(F)(F)c1c(S/C(N)=C/N=C(N)N2CCC3(CC2)Cc2ccccc2C3)ccnc1C. The summed E-state index contributed by atoms with van der Waals surface area (Å²) in [5.41, 5.74) is 15.2. The van der Waals surface area contributed by atoms with Crippen LogP contribution >= 0.6 is 11.8 Å². The number of thioether (sulfide) groups is 1. The minimum Gasteiger partial charge on any atom is -0.392 e. The molecule has 0 bridgehead atoms. The van der Waals surface area contributed by atoms with Crippen molar-refractivity contribution in [2.45, 2.75) is 56.8 Å². The molecule has 0 unspecified atom stereocenters. The number of guanidine groups is 1. The molecule has 0 saturated carbocycles. The Morgan fingerprint density at radius 2 is 1.83 bits per heavy atom. The second kappa shape index (κ2) is 9.97. The van der Waals surface area contributed by atoms with Crippen molar-refractivity contribution < 1.29 is 13.6 Å². The van der Waals surface area contributed by atoms with Gasteiger partial charge in [0.15, 0.2) is 5.96 Å². The van der Waals surface area contributed by atoms with Crippen molar-refractivity contribution in [3.63, 3.8) is 0 Å².